The molecular formula is C15H27ClF3N3O2. The van der Waals surface area contributed by atoms with E-state index in [9.17, 15) is 22.8 Å². The Morgan fingerprint density at radius 2 is 2.00 bits per heavy atom. The number of likely N-dealkylation sites (tertiary alicyclic amines) is 1. The van der Waals surface area contributed by atoms with Crippen molar-refractivity contribution in [1.82, 2.24) is 9.80 Å². The summed E-state index contributed by atoms with van der Waals surface area (Å²) in [6, 6.07) is -0.277. The van der Waals surface area contributed by atoms with Crippen molar-refractivity contribution >= 4 is 24.2 Å². The fraction of sp³-hybridized carbons (Fsp3) is 0.867. The highest BCUT2D eigenvalue weighted by atomic mass is 35.5. The van der Waals surface area contributed by atoms with Gasteiger partial charge >= 0.3 is 6.18 Å². The largest absolute Gasteiger partial charge is 0.406 e. The molecule has 2 unspecified atom stereocenters. The first-order chi connectivity index (χ1) is 10.6. The monoisotopic (exact) mass is 373 g/mol. The normalized spacial score (nSPS) is 19.4. The van der Waals surface area contributed by atoms with Crippen LogP contribution >= 0.6 is 12.4 Å². The first-order valence-corrected chi connectivity index (χ1v) is 8.03. The number of hydrogen-bond donors (Lipinski definition) is 1. The van der Waals surface area contributed by atoms with Crippen LogP contribution < -0.4 is 5.73 Å². The van der Waals surface area contributed by atoms with Gasteiger partial charge < -0.3 is 15.5 Å². The quantitative estimate of drug-likeness (QED) is 0.776. The van der Waals surface area contributed by atoms with Gasteiger partial charge in [0.25, 0.3) is 0 Å². The van der Waals surface area contributed by atoms with Crippen molar-refractivity contribution in [2.45, 2.75) is 51.7 Å². The smallest absolute Gasteiger partial charge is 0.342 e. The van der Waals surface area contributed by atoms with Gasteiger partial charge in [-0.3, -0.25) is 9.59 Å². The van der Waals surface area contributed by atoms with Crippen LogP contribution in [0.3, 0.4) is 0 Å². The number of rotatable bonds is 6. The zero-order valence-corrected chi connectivity index (χ0v) is 15.0. The number of carbonyl (C=O) groups excluding carboxylic acids is 2. The number of piperidine rings is 1. The van der Waals surface area contributed by atoms with Crippen molar-refractivity contribution in [2.24, 2.45) is 11.7 Å². The molecule has 2 atom stereocenters. The molecule has 0 aromatic carbocycles. The fourth-order valence-electron chi connectivity index (χ4n) is 2.82. The lowest BCUT2D eigenvalue weighted by molar-refractivity contribution is -0.165. The minimum Gasteiger partial charge on any atom is -0.342 e. The molecule has 2 amide bonds. The molecule has 0 spiro atoms. The molecule has 24 heavy (non-hydrogen) atoms. The molecule has 1 rings (SSSR count). The Morgan fingerprint density at radius 1 is 1.38 bits per heavy atom. The van der Waals surface area contributed by atoms with Crippen LogP contribution in [0.15, 0.2) is 0 Å². The molecule has 142 valence electrons. The maximum atomic E-state index is 12.6. The van der Waals surface area contributed by atoms with Gasteiger partial charge in [-0.15, -0.1) is 12.4 Å². The van der Waals surface area contributed by atoms with Gasteiger partial charge in [0.2, 0.25) is 11.8 Å². The summed E-state index contributed by atoms with van der Waals surface area (Å²) in [4.78, 5) is 26.9. The van der Waals surface area contributed by atoms with E-state index in [1.807, 2.05) is 0 Å². The van der Waals surface area contributed by atoms with Crippen LogP contribution in [0.4, 0.5) is 13.2 Å². The number of halogens is 4. The zero-order chi connectivity index (χ0) is 17.6. The first kappa shape index (κ1) is 23.0. The van der Waals surface area contributed by atoms with Crippen LogP contribution in [0.1, 0.15) is 39.5 Å². The van der Waals surface area contributed by atoms with Gasteiger partial charge in [-0.25, -0.2) is 0 Å². The molecule has 5 nitrogen and oxygen atoms in total. The maximum Gasteiger partial charge on any atom is 0.406 e. The molecule has 0 saturated carbocycles. The van der Waals surface area contributed by atoms with Crippen molar-refractivity contribution < 1.29 is 22.8 Å². The Labute approximate surface area is 147 Å². The van der Waals surface area contributed by atoms with Gasteiger partial charge in [-0.05, 0) is 26.2 Å². The summed E-state index contributed by atoms with van der Waals surface area (Å²) in [7, 11) is 0. The van der Waals surface area contributed by atoms with Gasteiger partial charge in [-0.2, -0.15) is 13.2 Å². The van der Waals surface area contributed by atoms with E-state index < -0.39 is 24.5 Å². The molecule has 9 heteroatoms. The summed E-state index contributed by atoms with van der Waals surface area (Å²) in [6.07, 6.45) is -2.64. The van der Waals surface area contributed by atoms with Crippen LogP contribution in [0, 0.1) is 5.92 Å². The van der Waals surface area contributed by atoms with E-state index in [4.69, 9.17) is 5.73 Å². The Hall–Kier alpha value is -1.02. The fourth-order valence-corrected chi connectivity index (χ4v) is 2.82. The van der Waals surface area contributed by atoms with E-state index in [1.54, 1.807) is 18.7 Å². The summed E-state index contributed by atoms with van der Waals surface area (Å²) in [5.74, 6) is -1.22. The van der Waals surface area contributed by atoms with Gasteiger partial charge in [0.15, 0.2) is 0 Å². The van der Waals surface area contributed by atoms with Crippen molar-refractivity contribution in [1.29, 1.82) is 0 Å². The van der Waals surface area contributed by atoms with E-state index >= 15 is 0 Å². The molecule has 0 radical (unpaired) electrons. The van der Waals surface area contributed by atoms with E-state index in [1.165, 1.54) is 0 Å². The number of amides is 2. The van der Waals surface area contributed by atoms with E-state index in [-0.39, 0.29) is 43.9 Å². The van der Waals surface area contributed by atoms with Crippen LogP contribution in [-0.2, 0) is 9.59 Å². The van der Waals surface area contributed by atoms with Crippen LogP contribution in [0.25, 0.3) is 0 Å². The average Bonchev–Trinajstić information content (AvgIpc) is 2.44. The number of nitrogens with two attached hydrogens (primary N) is 1. The third-order valence-corrected chi connectivity index (χ3v) is 3.80. The number of alkyl halides is 3. The zero-order valence-electron chi connectivity index (χ0n) is 14.1. The molecule has 0 aromatic heterocycles. The highest BCUT2D eigenvalue weighted by Crippen LogP contribution is 2.23. The predicted octanol–water partition coefficient (Wildman–Crippen LogP) is 2.19. The second-order valence-electron chi connectivity index (χ2n) is 6.24. The van der Waals surface area contributed by atoms with Gasteiger partial charge in [-0.1, -0.05) is 6.92 Å². The molecule has 2 N–H and O–H groups in total. The third-order valence-electron chi connectivity index (χ3n) is 3.80. The molecule has 0 bridgehead atoms. The standard InChI is InChI=1S/C15H26F3N3O2.ClH/c1-3-6-21(10-15(16,17)18)14(23)12-5-4-7-20(9-12)13(22)8-11(2)19;/h11-12H,3-10,19H2,1-2H3;1H. The van der Waals surface area contributed by atoms with Crippen LogP contribution in [0.2, 0.25) is 0 Å². The van der Waals surface area contributed by atoms with Crippen molar-refractivity contribution in [2.75, 3.05) is 26.2 Å². The Kier molecular flexibility index (Phi) is 9.65. The van der Waals surface area contributed by atoms with E-state index in [2.05, 4.69) is 0 Å². The number of nitrogens with zero attached hydrogens (tertiary/aromatic N) is 2. The minimum absolute atomic E-state index is 0. The van der Waals surface area contributed by atoms with Crippen LogP contribution in [0.5, 0.6) is 0 Å². The Bertz CT molecular complexity index is 419. The second-order valence-corrected chi connectivity index (χ2v) is 6.24. The molecule has 0 aromatic rings. The molecule has 1 saturated heterocycles. The topological polar surface area (TPSA) is 66.6 Å². The summed E-state index contributed by atoms with van der Waals surface area (Å²) in [6.45, 7) is 3.00. The Morgan fingerprint density at radius 3 is 2.50 bits per heavy atom. The molecule has 1 heterocycles. The maximum absolute atomic E-state index is 12.6. The van der Waals surface area contributed by atoms with E-state index in [0.29, 0.717) is 25.8 Å². The lowest BCUT2D eigenvalue weighted by Crippen LogP contribution is -2.49. The Balaban J connectivity index is 0.00000529. The lowest BCUT2D eigenvalue weighted by Gasteiger charge is -2.35. The number of hydrogen-bond acceptors (Lipinski definition) is 3. The second kappa shape index (κ2) is 10.1. The molecule has 1 fully saturated rings. The molecule has 1 aliphatic rings. The molecule has 1 aliphatic heterocycles. The van der Waals surface area contributed by atoms with Crippen molar-refractivity contribution in [3.8, 4) is 0 Å². The number of carbonyl (C=O) groups is 2. The van der Waals surface area contributed by atoms with Gasteiger partial charge in [0.05, 0.1) is 5.92 Å². The predicted molar refractivity (Wildman–Crippen MR) is 87.7 cm³/mol. The average molecular weight is 374 g/mol. The van der Waals surface area contributed by atoms with Gasteiger partial charge in [0.1, 0.15) is 6.54 Å². The van der Waals surface area contributed by atoms with Crippen LogP contribution in [-0.4, -0.2) is 60.0 Å². The summed E-state index contributed by atoms with van der Waals surface area (Å²) in [5, 5.41) is 0. The summed E-state index contributed by atoms with van der Waals surface area (Å²) < 4.78 is 37.9. The SMILES string of the molecule is CCCN(CC(F)(F)F)C(=O)C1CCCN(C(=O)CC(C)N)C1.Cl. The summed E-state index contributed by atoms with van der Waals surface area (Å²) >= 11 is 0. The lowest BCUT2D eigenvalue weighted by atomic mass is 9.95. The van der Waals surface area contributed by atoms with Crippen molar-refractivity contribution in [3.05, 3.63) is 0 Å². The highest BCUT2D eigenvalue weighted by Gasteiger charge is 2.36. The van der Waals surface area contributed by atoms with Gasteiger partial charge in [0, 0.05) is 32.1 Å². The summed E-state index contributed by atoms with van der Waals surface area (Å²) in [5.41, 5.74) is 5.60. The highest BCUT2D eigenvalue weighted by molar-refractivity contribution is 5.85. The first-order valence-electron chi connectivity index (χ1n) is 8.03. The minimum atomic E-state index is -4.41. The molecule has 0 aliphatic carbocycles. The third kappa shape index (κ3) is 7.70. The molecular weight excluding hydrogens is 347 g/mol. The van der Waals surface area contributed by atoms with E-state index in [0.717, 1.165) is 4.90 Å². The van der Waals surface area contributed by atoms with Crippen molar-refractivity contribution in [3.63, 3.8) is 0 Å².